The molecule has 4 nitrogen and oxygen atoms in total. The van der Waals surface area contributed by atoms with Crippen LogP contribution >= 0.6 is 0 Å². The standard InChI is InChI=1S/C16H28O4/c1-5-6-7-8-9-10-13-14(11-12-18-13)19-15(17)20-16(2,3)4/h6-7,13-14H,5,8-12H2,1-4H3/b7-6-. The molecule has 2 atom stereocenters. The Hall–Kier alpha value is -1.03. The van der Waals surface area contributed by atoms with E-state index in [0.29, 0.717) is 6.61 Å². The monoisotopic (exact) mass is 284 g/mol. The van der Waals surface area contributed by atoms with Gasteiger partial charge in [-0.15, -0.1) is 0 Å². The Kier molecular flexibility index (Phi) is 7.06. The number of allylic oxidation sites excluding steroid dienone is 2. The normalized spacial score (nSPS) is 23.2. The average molecular weight is 284 g/mol. The lowest BCUT2D eigenvalue weighted by Crippen LogP contribution is -2.31. The van der Waals surface area contributed by atoms with Crippen LogP contribution in [-0.2, 0) is 14.2 Å². The zero-order chi connectivity index (χ0) is 15.0. The minimum atomic E-state index is -0.594. The fourth-order valence-corrected chi connectivity index (χ4v) is 2.15. The quantitative estimate of drug-likeness (QED) is 0.416. The maximum atomic E-state index is 11.7. The van der Waals surface area contributed by atoms with Crippen LogP contribution in [0.4, 0.5) is 4.79 Å². The molecule has 116 valence electrons. The molecular weight excluding hydrogens is 256 g/mol. The van der Waals surface area contributed by atoms with Gasteiger partial charge in [0.05, 0.1) is 12.7 Å². The SMILES string of the molecule is CC/C=C\CCCC1OCCC1OC(=O)OC(C)(C)C. The summed E-state index contributed by atoms with van der Waals surface area (Å²) < 4.78 is 16.2. The molecule has 0 radical (unpaired) electrons. The molecule has 0 spiro atoms. The Balaban J connectivity index is 2.30. The van der Waals surface area contributed by atoms with E-state index in [4.69, 9.17) is 14.2 Å². The van der Waals surface area contributed by atoms with Gasteiger partial charge in [0, 0.05) is 6.42 Å². The van der Waals surface area contributed by atoms with Crippen LogP contribution in [0.2, 0.25) is 0 Å². The second-order valence-electron chi connectivity index (χ2n) is 6.13. The van der Waals surface area contributed by atoms with Gasteiger partial charge >= 0.3 is 6.16 Å². The maximum Gasteiger partial charge on any atom is 0.509 e. The van der Waals surface area contributed by atoms with E-state index in [0.717, 1.165) is 32.1 Å². The molecule has 0 bridgehead atoms. The summed E-state index contributed by atoms with van der Waals surface area (Å²) in [6.45, 7) is 8.27. The van der Waals surface area contributed by atoms with Crippen molar-refractivity contribution in [2.75, 3.05) is 6.61 Å². The molecular formula is C16H28O4. The molecule has 4 heteroatoms. The van der Waals surface area contributed by atoms with E-state index in [1.807, 2.05) is 20.8 Å². The van der Waals surface area contributed by atoms with Crippen LogP contribution in [0.5, 0.6) is 0 Å². The molecule has 0 aliphatic carbocycles. The van der Waals surface area contributed by atoms with Crippen LogP contribution in [0.15, 0.2) is 12.2 Å². The van der Waals surface area contributed by atoms with Crippen molar-refractivity contribution < 1.29 is 19.0 Å². The van der Waals surface area contributed by atoms with Gasteiger partial charge in [0.2, 0.25) is 0 Å². The third-order valence-corrected chi connectivity index (χ3v) is 3.05. The summed E-state index contributed by atoms with van der Waals surface area (Å²) in [5, 5.41) is 0. The van der Waals surface area contributed by atoms with Crippen LogP contribution in [-0.4, -0.2) is 30.6 Å². The van der Waals surface area contributed by atoms with Gasteiger partial charge in [-0.3, -0.25) is 0 Å². The second-order valence-corrected chi connectivity index (χ2v) is 6.13. The molecule has 1 heterocycles. The summed E-state index contributed by atoms with van der Waals surface area (Å²) in [4.78, 5) is 11.7. The van der Waals surface area contributed by atoms with Crippen molar-refractivity contribution in [3.63, 3.8) is 0 Å². The first kappa shape index (κ1) is 17.0. The molecule has 1 rings (SSSR count). The molecule has 0 amide bonds. The molecule has 0 N–H and O–H groups in total. The topological polar surface area (TPSA) is 44.8 Å². The molecule has 1 aliphatic rings. The summed E-state index contributed by atoms with van der Waals surface area (Å²) in [7, 11) is 0. The number of carbonyl (C=O) groups is 1. The molecule has 1 fully saturated rings. The van der Waals surface area contributed by atoms with Gasteiger partial charge in [0.25, 0.3) is 0 Å². The van der Waals surface area contributed by atoms with Crippen LogP contribution in [0.3, 0.4) is 0 Å². The van der Waals surface area contributed by atoms with E-state index < -0.39 is 11.8 Å². The third-order valence-electron chi connectivity index (χ3n) is 3.05. The first-order chi connectivity index (χ1) is 9.42. The predicted octanol–water partition coefficient (Wildman–Crippen LogP) is 4.23. The first-order valence-corrected chi connectivity index (χ1v) is 7.58. The predicted molar refractivity (Wildman–Crippen MR) is 78.7 cm³/mol. The van der Waals surface area contributed by atoms with Crippen LogP contribution < -0.4 is 0 Å². The van der Waals surface area contributed by atoms with E-state index in [1.165, 1.54) is 0 Å². The van der Waals surface area contributed by atoms with E-state index in [9.17, 15) is 4.79 Å². The van der Waals surface area contributed by atoms with Gasteiger partial charge in [-0.1, -0.05) is 19.1 Å². The summed E-state index contributed by atoms with van der Waals surface area (Å²) in [6.07, 6.45) is 8.47. The smallest absolute Gasteiger partial charge is 0.429 e. The molecule has 1 aliphatic heterocycles. The maximum absolute atomic E-state index is 11.7. The number of hydrogen-bond donors (Lipinski definition) is 0. The summed E-state index contributed by atoms with van der Waals surface area (Å²) in [5.41, 5.74) is -0.517. The Labute approximate surface area is 122 Å². The average Bonchev–Trinajstić information content (AvgIpc) is 2.74. The molecule has 0 saturated carbocycles. The largest absolute Gasteiger partial charge is 0.509 e. The second kappa shape index (κ2) is 8.30. The van der Waals surface area contributed by atoms with Crippen molar-refractivity contribution in [3.8, 4) is 0 Å². The Morgan fingerprint density at radius 3 is 2.75 bits per heavy atom. The highest BCUT2D eigenvalue weighted by Gasteiger charge is 2.32. The molecule has 1 saturated heterocycles. The third kappa shape index (κ3) is 6.94. The van der Waals surface area contributed by atoms with Crippen molar-refractivity contribution >= 4 is 6.16 Å². The van der Waals surface area contributed by atoms with Crippen LogP contribution in [0, 0.1) is 0 Å². The molecule has 0 aromatic carbocycles. The number of rotatable bonds is 6. The van der Waals surface area contributed by atoms with Gasteiger partial charge in [0.15, 0.2) is 0 Å². The summed E-state index contributed by atoms with van der Waals surface area (Å²) in [6, 6.07) is 0. The van der Waals surface area contributed by atoms with Crippen LogP contribution in [0.25, 0.3) is 0 Å². The first-order valence-electron chi connectivity index (χ1n) is 7.58. The van der Waals surface area contributed by atoms with E-state index in [-0.39, 0.29) is 12.2 Å². The Bertz CT molecular complexity index is 317. The molecule has 0 aromatic rings. The van der Waals surface area contributed by atoms with Crippen molar-refractivity contribution in [3.05, 3.63) is 12.2 Å². The van der Waals surface area contributed by atoms with E-state index >= 15 is 0 Å². The fourth-order valence-electron chi connectivity index (χ4n) is 2.15. The van der Waals surface area contributed by atoms with Gasteiger partial charge in [-0.05, 0) is 46.5 Å². The lowest BCUT2D eigenvalue weighted by atomic mass is 10.1. The van der Waals surface area contributed by atoms with Gasteiger partial charge in [0.1, 0.15) is 11.7 Å². The fraction of sp³-hybridized carbons (Fsp3) is 0.812. The lowest BCUT2D eigenvalue weighted by molar-refractivity contribution is -0.0456. The number of ether oxygens (including phenoxy) is 3. The van der Waals surface area contributed by atoms with Crippen molar-refractivity contribution in [2.45, 2.75) is 77.6 Å². The number of carbonyl (C=O) groups excluding carboxylic acids is 1. The zero-order valence-corrected chi connectivity index (χ0v) is 13.2. The van der Waals surface area contributed by atoms with E-state index in [2.05, 4.69) is 19.1 Å². The highest BCUT2D eigenvalue weighted by molar-refractivity contribution is 5.60. The van der Waals surface area contributed by atoms with Crippen LogP contribution in [0.1, 0.15) is 59.8 Å². The van der Waals surface area contributed by atoms with Gasteiger partial charge in [-0.2, -0.15) is 0 Å². The van der Waals surface area contributed by atoms with Gasteiger partial charge < -0.3 is 14.2 Å². The number of hydrogen-bond acceptors (Lipinski definition) is 4. The Morgan fingerprint density at radius 1 is 1.35 bits per heavy atom. The van der Waals surface area contributed by atoms with Gasteiger partial charge in [-0.25, -0.2) is 4.79 Å². The van der Waals surface area contributed by atoms with Crippen molar-refractivity contribution in [1.82, 2.24) is 0 Å². The minimum Gasteiger partial charge on any atom is -0.429 e. The summed E-state index contributed by atoms with van der Waals surface area (Å²) >= 11 is 0. The highest BCUT2D eigenvalue weighted by Crippen LogP contribution is 2.23. The lowest BCUT2D eigenvalue weighted by Gasteiger charge is -2.23. The summed E-state index contributed by atoms with van der Waals surface area (Å²) in [5.74, 6) is 0. The zero-order valence-electron chi connectivity index (χ0n) is 13.2. The van der Waals surface area contributed by atoms with Crippen molar-refractivity contribution in [1.29, 1.82) is 0 Å². The van der Waals surface area contributed by atoms with Crippen molar-refractivity contribution in [2.24, 2.45) is 0 Å². The Morgan fingerprint density at radius 2 is 2.10 bits per heavy atom. The van der Waals surface area contributed by atoms with E-state index in [1.54, 1.807) is 0 Å². The molecule has 2 unspecified atom stereocenters. The highest BCUT2D eigenvalue weighted by atomic mass is 16.7. The minimum absolute atomic E-state index is 0.0116. The number of unbranched alkanes of at least 4 members (excludes halogenated alkanes) is 1. The molecule has 0 aromatic heterocycles. The molecule has 20 heavy (non-hydrogen) atoms.